The van der Waals surface area contributed by atoms with Gasteiger partial charge in [0.1, 0.15) is 7.28 Å². The Bertz CT molecular complexity index is 378. The normalized spacial score (nSPS) is 29.3. The molecular formula is C22H40BO2. The summed E-state index contributed by atoms with van der Waals surface area (Å²) in [6, 6.07) is 0. The van der Waals surface area contributed by atoms with Gasteiger partial charge in [0.2, 0.25) is 0 Å². The molecule has 2 aliphatic rings. The summed E-state index contributed by atoms with van der Waals surface area (Å²) in [4.78, 5) is 0. The van der Waals surface area contributed by atoms with Crippen molar-refractivity contribution in [2.24, 2.45) is 17.8 Å². The van der Waals surface area contributed by atoms with E-state index in [1.165, 1.54) is 51.4 Å². The lowest BCUT2D eigenvalue weighted by Gasteiger charge is -2.36. The van der Waals surface area contributed by atoms with E-state index in [9.17, 15) is 0 Å². The molecule has 143 valence electrons. The summed E-state index contributed by atoms with van der Waals surface area (Å²) in [5.74, 6) is 2.15. The van der Waals surface area contributed by atoms with Crippen LogP contribution in [0.1, 0.15) is 78.6 Å². The van der Waals surface area contributed by atoms with Crippen molar-refractivity contribution in [2.75, 3.05) is 13.2 Å². The Kier molecular flexibility index (Phi) is 9.62. The van der Waals surface area contributed by atoms with Gasteiger partial charge in [-0.3, -0.25) is 0 Å². The Hall–Kier alpha value is -0.275. The van der Waals surface area contributed by atoms with Crippen molar-refractivity contribution in [3.8, 4) is 0 Å². The Morgan fingerprint density at radius 2 is 1.72 bits per heavy atom. The third-order valence-electron chi connectivity index (χ3n) is 6.07. The molecule has 25 heavy (non-hydrogen) atoms. The summed E-state index contributed by atoms with van der Waals surface area (Å²) in [5.41, 5.74) is 1.16. The second kappa shape index (κ2) is 11.4. The fourth-order valence-electron chi connectivity index (χ4n) is 4.33. The van der Waals surface area contributed by atoms with Crippen molar-refractivity contribution in [2.45, 2.75) is 97.1 Å². The van der Waals surface area contributed by atoms with Gasteiger partial charge >= 0.3 is 0 Å². The average Bonchev–Trinajstić information content (AvgIpc) is 2.63. The highest BCUT2D eigenvalue weighted by atomic mass is 16.5. The first-order valence-electron chi connectivity index (χ1n) is 10.8. The lowest BCUT2D eigenvalue weighted by molar-refractivity contribution is -0.0754. The van der Waals surface area contributed by atoms with Crippen molar-refractivity contribution >= 4 is 7.28 Å². The number of rotatable bonds is 10. The van der Waals surface area contributed by atoms with Crippen molar-refractivity contribution in [1.29, 1.82) is 0 Å². The van der Waals surface area contributed by atoms with E-state index in [1.807, 2.05) is 0 Å². The Morgan fingerprint density at radius 3 is 2.36 bits per heavy atom. The first-order valence-corrected chi connectivity index (χ1v) is 10.8. The topological polar surface area (TPSA) is 18.5 Å². The van der Waals surface area contributed by atoms with E-state index in [1.54, 1.807) is 0 Å². The standard InChI is InChI=1S/C22H40BO2/c1-5-19-11-21(24-15-18(4)14-23-17(2)3)13-22(12-19)25-16-20-9-7-6-8-10-20/h18-22H,2,5-16H2,1,3-4H3. The van der Waals surface area contributed by atoms with Gasteiger partial charge in [0.05, 0.1) is 12.2 Å². The first kappa shape index (κ1) is 21.0. The second-order valence-electron chi connectivity index (χ2n) is 8.79. The molecule has 0 aromatic rings. The van der Waals surface area contributed by atoms with Gasteiger partial charge in [-0.05, 0) is 49.9 Å². The van der Waals surface area contributed by atoms with Gasteiger partial charge < -0.3 is 9.47 Å². The molecule has 0 aliphatic heterocycles. The molecule has 2 aliphatic carbocycles. The molecule has 0 heterocycles. The molecule has 4 atom stereocenters. The highest BCUT2D eigenvalue weighted by molar-refractivity contribution is 6.44. The van der Waals surface area contributed by atoms with E-state index < -0.39 is 0 Å². The lowest BCUT2D eigenvalue weighted by Crippen LogP contribution is -2.35. The third kappa shape index (κ3) is 8.30. The largest absolute Gasteiger partial charge is 0.378 e. The van der Waals surface area contributed by atoms with Crippen molar-refractivity contribution in [1.82, 2.24) is 0 Å². The molecule has 2 nitrogen and oxygen atoms in total. The molecular weight excluding hydrogens is 307 g/mol. The van der Waals surface area contributed by atoms with Crippen LogP contribution in [0, 0.1) is 17.8 Å². The summed E-state index contributed by atoms with van der Waals surface area (Å²) < 4.78 is 12.7. The zero-order chi connectivity index (χ0) is 18.1. The van der Waals surface area contributed by atoms with Gasteiger partial charge in [-0.1, -0.05) is 52.8 Å². The maximum Gasteiger partial charge on any atom is 0.145 e. The van der Waals surface area contributed by atoms with Gasteiger partial charge in [-0.15, -0.1) is 12.1 Å². The zero-order valence-electron chi connectivity index (χ0n) is 17.0. The smallest absolute Gasteiger partial charge is 0.145 e. The molecule has 2 rings (SSSR count). The minimum absolute atomic E-state index is 0.391. The average molecular weight is 347 g/mol. The van der Waals surface area contributed by atoms with E-state index in [2.05, 4.69) is 34.6 Å². The summed E-state index contributed by atoms with van der Waals surface area (Å²) >= 11 is 0. The number of ether oxygens (including phenoxy) is 2. The van der Waals surface area contributed by atoms with Gasteiger partial charge in [-0.2, -0.15) is 0 Å². The summed E-state index contributed by atoms with van der Waals surface area (Å²) in [6.45, 7) is 12.5. The van der Waals surface area contributed by atoms with E-state index in [0.717, 1.165) is 43.3 Å². The fourth-order valence-corrected chi connectivity index (χ4v) is 4.33. The molecule has 2 saturated carbocycles. The van der Waals surface area contributed by atoms with E-state index in [0.29, 0.717) is 18.1 Å². The summed E-state index contributed by atoms with van der Waals surface area (Å²) in [6.07, 6.45) is 13.7. The molecule has 1 radical (unpaired) electrons. The molecule has 0 N–H and O–H groups in total. The van der Waals surface area contributed by atoms with Crippen molar-refractivity contribution in [3.63, 3.8) is 0 Å². The molecule has 0 aromatic carbocycles. The molecule has 0 bridgehead atoms. The fraction of sp³-hybridized carbons (Fsp3) is 0.909. The third-order valence-corrected chi connectivity index (χ3v) is 6.07. The number of hydrogen-bond acceptors (Lipinski definition) is 2. The molecule has 4 unspecified atom stereocenters. The molecule has 0 aromatic heterocycles. The predicted molar refractivity (Wildman–Crippen MR) is 108 cm³/mol. The summed E-state index contributed by atoms with van der Waals surface area (Å²) in [7, 11) is 2.22. The van der Waals surface area contributed by atoms with Gasteiger partial charge in [0.15, 0.2) is 0 Å². The van der Waals surface area contributed by atoms with Crippen LogP contribution in [0.3, 0.4) is 0 Å². The maximum atomic E-state index is 6.37. The number of allylic oxidation sites excluding steroid dienone is 1. The van der Waals surface area contributed by atoms with E-state index >= 15 is 0 Å². The quantitative estimate of drug-likeness (QED) is 0.462. The lowest BCUT2D eigenvalue weighted by atomic mass is 9.65. The highest BCUT2D eigenvalue weighted by Crippen LogP contribution is 2.32. The molecule has 0 spiro atoms. The Balaban J connectivity index is 1.71. The predicted octanol–water partition coefficient (Wildman–Crippen LogP) is 5.84. The van der Waals surface area contributed by atoms with Crippen LogP contribution in [0.5, 0.6) is 0 Å². The Morgan fingerprint density at radius 1 is 1.04 bits per heavy atom. The minimum atomic E-state index is 0.391. The highest BCUT2D eigenvalue weighted by Gasteiger charge is 2.30. The van der Waals surface area contributed by atoms with Crippen LogP contribution in [0.4, 0.5) is 0 Å². The molecule has 2 fully saturated rings. The van der Waals surface area contributed by atoms with Crippen LogP contribution < -0.4 is 0 Å². The zero-order valence-corrected chi connectivity index (χ0v) is 17.0. The van der Waals surface area contributed by atoms with E-state index in [4.69, 9.17) is 9.47 Å². The first-order chi connectivity index (χ1) is 12.1. The van der Waals surface area contributed by atoms with Gasteiger partial charge in [-0.25, -0.2) is 0 Å². The van der Waals surface area contributed by atoms with Gasteiger partial charge in [0.25, 0.3) is 0 Å². The van der Waals surface area contributed by atoms with Crippen molar-refractivity contribution < 1.29 is 9.47 Å². The second-order valence-corrected chi connectivity index (χ2v) is 8.79. The maximum absolute atomic E-state index is 6.37. The number of hydrogen-bond donors (Lipinski definition) is 0. The van der Waals surface area contributed by atoms with Crippen LogP contribution in [0.2, 0.25) is 6.32 Å². The van der Waals surface area contributed by atoms with E-state index in [-0.39, 0.29) is 0 Å². The van der Waals surface area contributed by atoms with Crippen LogP contribution >= 0.6 is 0 Å². The molecule has 0 amide bonds. The van der Waals surface area contributed by atoms with Crippen LogP contribution in [-0.4, -0.2) is 32.7 Å². The Labute approximate surface area is 157 Å². The van der Waals surface area contributed by atoms with Crippen LogP contribution in [0.15, 0.2) is 12.1 Å². The monoisotopic (exact) mass is 347 g/mol. The van der Waals surface area contributed by atoms with Crippen LogP contribution in [0.25, 0.3) is 0 Å². The minimum Gasteiger partial charge on any atom is -0.378 e. The SMILES string of the molecule is C=C(C)[B]CC(C)COC1CC(CC)CC(OCC2CCCCC2)C1. The molecule has 0 saturated heterocycles. The van der Waals surface area contributed by atoms with Crippen molar-refractivity contribution in [3.05, 3.63) is 12.1 Å². The van der Waals surface area contributed by atoms with Crippen LogP contribution in [-0.2, 0) is 9.47 Å². The summed E-state index contributed by atoms with van der Waals surface area (Å²) in [5, 5.41) is 0. The molecule has 3 heteroatoms. The van der Waals surface area contributed by atoms with Gasteiger partial charge in [0, 0.05) is 13.2 Å².